The molecule has 0 aromatic rings. The van der Waals surface area contributed by atoms with Gasteiger partial charge in [-0.2, -0.15) is 0 Å². The van der Waals surface area contributed by atoms with Gasteiger partial charge in [0.1, 0.15) is 0 Å². The Balaban J connectivity index is 2.20. The summed E-state index contributed by atoms with van der Waals surface area (Å²) in [5.41, 5.74) is 0.902. The molecule has 0 radical (unpaired) electrons. The van der Waals surface area contributed by atoms with Gasteiger partial charge in [0.25, 0.3) is 0 Å². The molecular formula is C10H16O3. The van der Waals surface area contributed by atoms with Crippen molar-refractivity contribution in [2.24, 2.45) is 0 Å². The molecule has 13 heavy (non-hydrogen) atoms. The zero-order chi connectivity index (χ0) is 9.68. The summed E-state index contributed by atoms with van der Waals surface area (Å²) in [4.78, 5) is 10.9. The molecule has 3 nitrogen and oxygen atoms in total. The van der Waals surface area contributed by atoms with E-state index in [-0.39, 0.29) is 12.1 Å². The number of carbonyl (C=O) groups excluding carboxylic acids is 1. The predicted octanol–water partition coefficient (Wildman–Crippen LogP) is 1.67. The first-order valence-corrected chi connectivity index (χ1v) is 4.57. The van der Waals surface area contributed by atoms with E-state index in [9.17, 15) is 4.79 Å². The molecule has 1 unspecified atom stereocenters. The lowest BCUT2D eigenvalue weighted by Gasteiger charge is -2.10. The topological polar surface area (TPSA) is 35.5 Å². The summed E-state index contributed by atoms with van der Waals surface area (Å²) in [7, 11) is 1.39. The third kappa shape index (κ3) is 3.59. The van der Waals surface area contributed by atoms with E-state index in [1.165, 1.54) is 7.11 Å². The van der Waals surface area contributed by atoms with E-state index in [2.05, 4.69) is 11.3 Å². The first kappa shape index (κ1) is 10.3. The zero-order valence-electron chi connectivity index (χ0n) is 8.04. The SMILES string of the molecule is C=C(CC(=O)OC)CC1CCCO1. The maximum Gasteiger partial charge on any atom is 0.309 e. The molecule has 1 atom stereocenters. The highest BCUT2D eigenvalue weighted by Crippen LogP contribution is 2.20. The lowest BCUT2D eigenvalue weighted by atomic mass is 10.1. The Morgan fingerprint density at radius 1 is 1.69 bits per heavy atom. The van der Waals surface area contributed by atoms with Crippen molar-refractivity contribution in [2.75, 3.05) is 13.7 Å². The van der Waals surface area contributed by atoms with Gasteiger partial charge in [0.2, 0.25) is 0 Å². The predicted molar refractivity (Wildman–Crippen MR) is 49.4 cm³/mol. The fraction of sp³-hybridized carbons (Fsp3) is 0.700. The molecule has 1 rings (SSSR count). The van der Waals surface area contributed by atoms with Gasteiger partial charge in [-0.25, -0.2) is 0 Å². The van der Waals surface area contributed by atoms with Crippen LogP contribution in [0.3, 0.4) is 0 Å². The number of carbonyl (C=O) groups is 1. The van der Waals surface area contributed by atoms with Gasteiger partial charge in [-0.15, -0.1) is 0 Å². The standard InChI is InChI=1S/C10H16O3/c1-8(7-10(11)12-2)6-9-4-3-5-13-9/h9H,1,3-7H2,2H3. The number of rotatable bonds is 4. The fourth-order valence-electron chi connectivity index (χ4n) is 1.48. The maximum absolute atomic E-state index is 10.9. The van der Waals surface area contributed by atoms with Crippen LogP contribution >= 0.6 is 0 Å². The fourth-order valence-corrected chi connectivity index (χ4v) is 1.48. The number of hydrogen-bond donors (Lipinski definition) is 0. The van der Waals surface area contributed by atoms with Crippen LogP contribution in [0.2, 0.25) is 0 Å². The number of methoxy groups -OCH3 is 1. The summed E-state index contributed by atoms with van der Waals surface area (Å²) in [5, 5.41) is 0. The first-order chi connectivity index (χ1) is 6.22. The molecule has 1 fully saturated rings. The van der Waals surface area contributed by atoms with Gasteiger partial charge in [0, 0.05) is 6.61 Å². The Morgan fingerprint density at radius 2 is 2.46 bits per heavy atom. The van der Waals surface area contributed by atoms with E-state index in [0.717, 1.165) is 31.4 Å². The molecule has 0 aromatic carbocycles. The van der Waals surface area contributed by atoms with Gasteiger partial charge < -0.3 is 9.47 Å². The summed E-state index contributed by atoms with van der Waals surface area (Å²) < 4.78 is 9.97. The Hall–Kier alpha value is -0.830. The van der Waals surface area contributed by atoms with E-state index >= 15 is 0 Å². The van der Waals surface area contributed by atoms with Crippen molar-refractivity contribution >= 4 is 5.97 Å². The van der Waals surface area contributed by atoms with Crippen molar-refractivity contribution in [3.63, 3.8) is 0 Å². The molecule has 0 amide bonds. The average molecular weight is 184 g/mol. The van der Waals surface area contributed by atoms with Crippen LogP contribution in [0.25, 0.3) is 0 Å². The summed E-state index contributed by atoms with van der Waals surface area (Å²) >= 11 is 0. The molecule has 1 aliphatic heterocycles. The normalized spacial score (nSPS) is 21.5. The largest absolute Gasteiger partial charge is 0.469 e. The Morgan fingerprint density at radius 3 is 3.00 bits per heavy atom. The molecule has 1 saturated heterocycles. The molecule has 74 valence electrons. The molecule has 1 aliphatic rings. The minimum atomic E-state index is -0.219. The van der Waals surface area contributed by atoms with Crippen LogP contribution in [0.4, 0.5) is 0 Å². The molecule has 0 aromatic heterocycles. The Kier molecular flexibility index (Phi) is 3.96. The summed E-state index contributed by atoms with van der Waals surface area (Å²) in [5.74, 6) is -0.219. The zero-order valence-corrected chi connectivity index (χ0v) is 8.04. The molecule has 0 N–H and O–H groups in total. The molecule has 1 heterocycles. The van der Waals surface area contributed by atoms with Crippen LogP contribution in [0, 0.1) is 0 Å². The average Bonchev–Trinajstić information content (AvgIpc) is 2.56. The Bertz CT molecular complexity index is 192. The number of hydrogen-bond acceptors (Lipinski definition) is 3. The van der Waals surface area contributed by atoms with Gasteiger partial charge in [-0.1, -0.05) is 12.2 Å². The highest BCUT2D eigenvalue weighted by Gasteiger charge is 2.17. The molecule has 0 saturated carbocycles. The lowest BCUT2D eigenvalue weighted by Crippen LogP contribution is -2.09. The molecule has 0 aliphatic carbocycles. The van der Waals surface area contributed by atoms with E-state index in [1.807, 2.05) is 0 Å². The van der Waals surface area contributed by atoms with E-state index in [4.69, 9.17) is 4.74 Å². The number of ether oxygens (including phenoxy) is 2. The second kappa shape index (κ2) is 5.02. The minimum absolute atomic E-state index is 0.219. The first-order valence-electron chi connectivity index (χ1n) is 4.57. The van der Waals surface area contributed by atoms with Gasteiger partial charge in [-0.3, -0.25) is 4.79 Å². The smallest absolute Gasteiger partial charge is 0.309 e. The highest BCUT2D eigenvalue weighted by molar-refractivity contribution is 5.72. The van der Waals surface area contributed by atoms with Gasteiger partial charge in [0.05, 0.1) is 19.6 Å². The van der Waals surface area contributed by atoms with Crippen LogP contribution in [-0.2, 0) is 14.3 Å². The van der Waals surface area contributed by atoms with Gasteiger partial charge in [-0.05, 0) is 19.3 Å². The monoisotopic (exact) mass is 184 g/mol. The highest BCUT2D eigenvalue weighted by atomic mass is 16.5. The molecule has 3 heteroatoms. The van der Waals surface area contributed by atoms with E-state index in [1.54, 1.807) is 0 Å². The third-order valence-corrected chi connectivity index (χ3v) is 2.16. The van der Waals surface area contributed by atoms with Crippen molar-refractivity contribution in [2.45, 2.75) is 31.8 Å². The Labute approximate surface area is 78.7 Å². The van der Waals surface area contributed by atoms with Crippen molar-refractivity contribution in [1.82, 2.24) is 0 Å². The van der Waals surface area contributed by atoms with Crippen LogP contribution in [0.1, 0.15) is 25.7 Å². The van der Waals surface area contributed by atoms with Gasteiger partial charge in [0.15, 0.2) is 0 Å². The summed E-state index contributed by atoms with van der Waals surface area (Å²) in [6.45, 7) is 4.67. The van der Waals surface area contributed by atoms with Crippen molar-refractivity contribution < 1.29 is 14.3 Å². The van der Waals surface area contributed by atoms with Crippen LogP contribution in [-0.4, -0.2) is 25.8 Å². The van der Waals surface area contributed by atoms with Crippen molar-refractivity contribution in [1.29, 1.82) is 0 Å². The minimum Gasteiger partial charge on any atom is -0.469 e. The van der Waals surface area contributed by atoms with Crippen LogP contribution in [0.5, 0.6) is 0 Å². The molecular weight excluding hydrogens is 168 g/mol. The second-order valence-corrected chi connectivity index (χ2v) is 3.34. The summed E-state index contributed by atoms with van der Waals surface area (Å²) in [6, 6.07) is 0. The van der Waals surface area contributed by atoms with Gasteiger partial charge >= 0.3 is 5.97 Å². The van der Waals surface area contributed by atoms with Crippen molar-refractivity contribution in [3.05, 3.63) is 12.2 Å². The van der Waals surface area contributed by atoms with Crippen LogP contribution in [0.15, 0.2) is 12.2 Å². The molecule has 0 spiro atoms. The number of esters is 1. The quantitative estimate of drug-likeness (QED) is 0.492. The van der Waals surface area contributed by atoms with Crippen molar-refractivity contribution in [3.8, 4) is 0 Å². The summed E-state index contributed by atoms with van der Waals surface area (Å²) in [6.07, 6.45) is 3.58. The third-order valence-electron chi connectivity index (χ3n) is 2.16. The maximum atomic E-state index is 10.9. The van der Waals surface area contributed by atoms with Crippen LogP contribution < -0.4 is 0 Å². The lowest BCUT2D eigenvalue weighted by molar-refractivity contribution is -0.139. The van der Waals surface area contributed by atoms with E-state index in [0.29, 0.717) is 6.42 Å². The van der Waals surface area contributed by atoms with E-state index < -0.39 is 0 Å². The second-order valence-electron chi connectivity index (χ2n) is 3.34. The molecule has 0 bridgehead atoms.